The molecule has 6 heteroatoms. The van der Waals surface area contributed by atoms with Crippen LogP contribution < -0.4 is 10.3 Å². The number of thiazole rings is 1. The molecule has 0 unspecified atom stereocenters. The van der Waals surface area contributed by atoms with E-state index in [0.717, 1.165) is 41.5 Å². The number of rotatable bonds is 5. The van der Waals surface area contributed by atoms with E-state index in [1.807, 2.05) is 48.5 Å². The quantitative estimate of drug-likeness (QED) is 0.918. The van der Waals surface area contributed by atoms with Gasteiger partial charge >= 0.3 is 0 Å². The number of nitrogens with zero attached hydrogens (tertiary/aromatic N) is 3. The van der Waals surface area contributed by atoms with Gasteiger partial charge in [-0.1, -0.05) is 0 Å². The summed E-state index contributed by atoms with van der Waals surface area (Å²) in [5.74, 6) is -0.0501. The van der Waals surface area contributed by atoms with E-state index < -0.39 is 0 Å². The lowest BCUT2D eigenvalue weighted by Crippen LogP contribution is -2.25. The molecule has 5 nitrogen and oxygen atoms in total. The highest BCUT2D eigenvalue weighted by Gasteiger charge is 2.13. The predicted molar refractivity (Wildman–Crippen MR) is 94.4 cm³/mol. The van der Waals surface area contributed by atoms with E-state index in [9.17, 15) is 4.79 Å². The van der Waals surface area contributed by atoms with Crippen molar-refractivity contribution in [3.05, 3.63) is 45.9 Å². The summed E-state index contributed by atoms with van der Waals surface area (Å²) in [5.41, 5.74) is 3.87. The summed E-state index contributed by atoms with van der Waals surface area (Å²) in [5, 5.41) is 12.5. The van der Waals surface area contributed by atoms with Crippen LogP contribution in [0.4, 0.5) is 5.69 Å². The molecule has 1 aliphatic heterocycles. The lowest BCUT2D eigenvalue weighted by molar-refractivity contribution is 0.0954. The molecular weight excluding hydrogens is 308 g/mol. The largest absolute Gasteiger partial charge is 0.352 e. The molecule has 0 saturated carbocycles. The van der Waals surface area contributed by atoms with Crippen LogP contribution in [0, 0.1) is 6.92 Å². The molecule has 0 saturated heterocycles. The molecule has 3 rings (SSSR count). The summed E-state index contributed by atoms with van der Waals surface area (Å²) in [6.07, 6.45) is 1.77. The third kappa shape index (κ3) is 3.96. The van der Waals surface area contributed by atoms with E-state index in [0.29, 0.717) is 12.1 Å². The second-order valence-electron chi connectivity index (χ2n) is 5.64. The minimum Gasteiger partial charge on any atom is -0.352 e. The van der Waals surface area contributed by atoms with Crippen LogP contribution in [0.5, 0.6) is 0 Å². The van der Waals surface area contributed by atoms with Gasteiger partial charge < -0.3 is 5.32 Å². The molecule has 0 spiro atoms. The van der Waals surface area contributed by atoms with Gasteiger partial charge in [0.1, 0.15) is 0 Å². The van der Waals surface area contributed by atoms with Crippen molar-refractivity contribution >= 4 is 28.6 Å². The maximum absolute atomic E-state index is 12.2. The Morgan fingerprint density at radius 3 is 2.70 bits per heavy atom. The third-order valence-electron chi connectivity index (χ3n) is 3.70. The molecule has 1 aromatic carbocycles. The molecular formula is C17H20N4OS. The summed E-state index contributed by atoms with van der Waals surface area (Å²) >= 11 is 1.63. The number of anilines is 1. The number of nitrogens with one attached hydrogen (secondary N) is 1. The van der Waals surface area contributed by atoms with Crippen LogP contribution in [0.15, 0.2) is 34.7 Å². The lowest BCUT2D eigenvalue weighted by atomic mass is 10.2. The summed E-state index contributed by atoms with van der Waals surface area (Å²) in [6, 6.07) is 7.59. The number of hydrogen-bond donors (Lipinski definition) is 1. The monoisotopic (exact) mass is 328 g/mol. The zero-order chi connectivity index (χ0) is 16.2. The van der Waals surface area contributed by atoms with Crippen molar-refractivity contribution < 1.29 is 4.79 Å². The second kappa shape index (κ2) is 6.91. The van der Waals surface area contributed by atoms with Crippen molar-refractivity contribution in [3.8, 4) is 0 Å². The second-order valence-corrected chi connectivity index (χ2v) is 6.59. The van der Waals surface area contributed by atoms with Crippen molar-refractivity contribution in [1.82, 2.24) is 10.3 Å². The van der Waals surface area contributed by atoms with Gasteiger partial charge in [-0.05, 0) is 38.1 Å². The minimum absolute atomic E-state index is 0.0501. The minimum atomic E-state index is -0.0501. The number of carbonyl (C=O) groups excluding carboxylic acids is 1. The van der Waals surface area contributed by atoms with Crippen LogP contribution in [0.2, 0.25) is 0 Å². The third-order valence-corrected chi connectivity index (χ3v) is 4.72. The van der Waals surface area contributed by atoms with Crippen LogP contribution in [0.1, 0.15) is 34.4 Å². The van der Waals surface area contributed by atoms with Crippen molar-refractivity contribution in [3.63, 3.8) is 0 Å². The maximum atomic E-state index is 12.2. The fourth-order valence-corrected chi connectivity index (χ4v) is 3.22. The average molecular weight is 328 g/mol. The zero-order valence-corrected chi connectivity index (χ0v) is 14.2. The standard InChI is InChI=1S/C17H20N4OS/c1-12-8-10-21(20-12)15-5-3-14(4-6-15)17(22)18-9-7-16-19-13(2)11-23-16/h3-6,11H,7-10H2,1-2H3,(H,18,22). The molecule has 0 radical (unpaired) electrons. The molecule has 120 valence electrons. The van der Waals surface area contributed by atoms with Gasteiger partial charge in [0.25, 0.3) is 5.91 Å². The van der Waals surface area contributed by atoms with E-state index in [-0.39, 0.29) is 5.91 Å². The van der Waals surface area contributed by atoms with Crippen LogP contribution in [-0.4, -0.2) is 29.7 Å². The number of amides is 1. The highest BCUT2D eigenvalue weighted by Crippen LogP contribution is 2.19. The van der Waals surface area contributed by atoms with Gasteiger partial charge in [0.05, 0.1) is 10.7 Å². The number of aryl methyl sites for hydroxylation is 1. The Morgan fingerprint density at radius 1 is 1.30 bits per heavy atom. The summed E-state index contributed by atoms with van der Waals surface area (Å²) in [7, 11) is 0. The highest BCUT2D eigenvalue weighted by atomic mass is 32.1. The lowest BCUT2D eigenvalue weighted by Gasteiger charge is -2.13. The first-order valence-corrected chi connectivity index (χ1v) is 8.60. The molecule has 0 aliphatic carbocycles. The molecule has 23 heavy (non-hydrogen) atoms. The smallest absolute Gasteiger partial charge is 0.251 e. The fraction of sp³-hybridized carbons (Fsp3) is 0.353. The number of aromatic nitrogens is 1. The number of carbonyl (C=O) groups is 1. The highest BCUT2D eigenvalue weighted by molar-refractivity contribution is 7.09. The maximum Gasteiger partial charge on any atom is 0.251 e. The van der Waals surface area contributed by atoms with E-state index >= 15 is 0 Å². The van der Waals surface area contributed by atoms with Gasteiger partial charge in [0, 0.05) is 48.3 Å². The van der Waals surface area contributed by atoms with E-state index in [2.05, 4.69) is 15.4 Å². The first kappa shape index (κ1) is 15.7. The Bertz CT molecular complexity index is 720. The van der Waals surface area contributed by atoms with Gasteiger partial charge in [0.15, 0.2) is 0 Å². The zero-order valence-electron chi connectivity index (χ0n) is 13.4. The summed E-state index contributed by atoms with van der Waals surface area (Å²) < 4.78 is 0. The molecule has 1 amide bonds. The van der Waals surface area contributed by atoms with Crippen LogP contribution >= 0.6 is 11.3 Å². The van der Waals surface area contributed by atoms with Crippen molar-refractivity contribution in [2.24, 2.45) is 5.10 Å². The molecule has 0 atom stereocenters. The van der Waals surface area contributed by atoms with Crippen molar-refractivity contribution in [2.75, 3.05) is 18.1 Å². The topological polar surface area (TPSA) is 57.6 Å². The molecule has 1 aliphatic rings. The van der Waals surface area contributed by atoms with Crippen molar-refractivity contribution in [1.29, 1.82) is 0 Å². The fourth-order valence-electron chi connectivity index (χ4n) is 2.45. The predicted octanol–water partition coefficient (Wildman–Crippen LogP) is 3.01. The van der Waals surface area contributed by atoms with Gasteiger partial charge in [-0.3, -0.25) is 9.80 Å². The Labute approximate surface area is 140 Å². The normalized spacial score (nSPS) is 14.0. The van der Waals surface area contributed by atoms with E-state index in [1.165, 1.54) is 0 Å². The molecule has 0 fully saturated rings. The number of hydrazone groups is 1. The average Bonchev–Trinajstić information content (AvgIpc) is 3.16. The molecule has 2 heterocycles. The first-order valence-electron chi connectivity index (χ1n) is 7.73. The van der Waals surface area contributed by atoms with E-state index in [1.54, 1.807) is 11.3 Å². The van der Waals surface area contributed by atoms with Crippen LogP contribution in [0.25, 0.3) is 0 Å². The Morgan fingerprint density at radius 2 is 2.09 bits per heavy atom. The molecule has 2 aromatic rings. The van der Waals surface area contributed by atoms with Crippen LogP contribution in [-0.2, 0) is 6.42 Å². The number of benzene rings is 1. The SMILES string of the molecule is CC1=NN(c2ccc(C(=O)NCCc3nc(C)cs3)cc2)CC1. The molecule has 0 bridgehead atoms. The summed E-state index contributed by atoms with van der Waals surface area (Å²) in [6.45, 7) is 5.52. The van der Waals surface area contributed by atoms with Crippen molar-refractivity contribution in [2.45, 2.75) is 26.7 Å². The van der Waals surface area contributed by atoms with Gasteiger partial charge in [-0.2, -0.15) is 5.10 Å². The molecule has 1 N–H and O–H groups in total. The first-order chi connectivity index (χ1) is 11.1. The Hall–Kier alpha value is -2.21. The van der Waals surface area contributed by atoms with Crippen LogP contribution in [0.3, 0.4) is 0 Å². The molecule has 1 aromatic heterocycles. The number of hydrogen-bond acceptors (Lipinski definition) is 5. The van der Waals surface area contributed by atoms with E-state index in [4.69, 9.17) is 0 Å². The Kier molecular flexibility index (Phi) is 4.71. The van der Waals surface area contributed by atoms with Gasteiger partial charge in [-0.15, -0.1) is 11.3 Å². The van der Waals surface area contributed by atoms with Gasteiger partial charge in [-0.25, -0.2) is 4.98 Å². The summed E-state index contributed by atoms with van der Waals surface area (Å²) in [4.78, 5) is 16.5. The Balaban J connectivity index is 1.53. The van der Waals surface area contributed by atoms with Gasteiger partial charge in [0.2, 0.25) is 0 Å².